The van der Waals surface area contributed by atoms with Gasteiger partial charge in [-0.1, -0.05) is 31.5 Å². The van der Waals surface area contributed by atoms with Crippen molar-refractivity contribution in [1.82, 2.24) is 0 Å². The minimum atomic E-state index is -0.300. The van der Waals surface area contributed by atoms with E-state index in [1.165, 1.54) is 0 Å². The van der Waals surface area contributed by atoms with E-state index in [1.807, 2.05) is 37.3 Å². The summed E-state index contributed by atoms with van der Waals surface area (Å²) in [6.45, 7) is 12.3. The van der Waals surface area contributed by atoms with Crippen LogP contribution in [0.2, 0.25) is 0 Å². The molecule has 5 heteroatoms. The van der Waals surface area contributed by atoms with E-state index in [1.54, 1.807) is 0 Å². The third-order valence-electron chi connectivity index (χ3n) is 6.23. The highest BCUT2D eigenvalue weighted by molar-refractivity contribution is 6.08. The van der Waals surface area contributed by atoms with Crippen molar-refractivity contribution in [1.29, 1.82) is 0 Å². The van der Waals surface area contributed by atoms with Crippen LogP contribution >= 0.6 is 0 Å². The Morgan fingerprint density at radius 1 is 1.00 bits per heavy atom. The van der Waals surface area contributed by atoms with Crippen molar-refractivity contribution >= 4 is 22.6 Å². The number of esters is 1. The molecule has 0 unspecified atom stereocenters. The molecule has 0 amide bonds. The first-order valence-electron chi connectivity index (χ1n) is 12.5. The predicted octanol–water partition coefficient (Wildman–Crippen LogP) is 7.13. The number of hydrogen-bond acceptors (Lipinski definition) is 5. The number of carbonyl (C=O) groups is 1. The fraction of sp³-hybridized carbons (Fsp3) is 0.333. The molecule has 182 valence electrons. The third kappa shape index (κ3) is 4.95. The van der Waals surface area contributed by atoms with Crippen LogP contribution in [0, 0.1) is 13.8 Å². The van der Waals surface area contributed by atoms with Crippen molar-refractivity contribution in [2.75, 3.05) is 25.0 Å². The van der Waals surface area contributed by atoms with Gasteiger partial charge in [0.05, 0.1) is 17.5 Å². The maximum absolute atomic E-state index is 13.1. The molecular formula is C30H34N2O3. The Kier molecular flexibility index (Phi) is 7.54. The lowest BCUT2D eigenvalue weighted by Crippen LogP contribution is -2.11. The zero-order valence-electron chi connectivity index (χ0n) is 21.3. The Bertz CT molecular complexity index is 1400. The molecule has 2 aromatic rings. The zero-order chi connectivity index (χ0) is 24.9. The van der Waals surface area contributed by atoms with Gasteiger partial charge in [0.1, 0.15) is 11.3 Å². The molecule has 0 saturated carbocycles. The lowest BCUT2D eigenvalue weighted by molar-refractivity contribution is 0.0500. The standard InChI is InChI=1S/C30H34N2O3/c1-6-9-14-34-30(33)22-13-11-10-12-21(22)29-23-15-19(4)25(31-7-2)17-27(23)35-28-18-26(32-8-3)20(5)16-24(28)29/h10-13,15-18,31H,6-9,14H2,1-5H3. The van der Waals surface area contributed by atoms with Crippen LogP contribution in [0.3, 0.4) is 0 Å². The van der Waals surface area contributed by atoms with Crippen LogP contribution in [0.1, 0.15) is 55.1 Å². The van der Waals surface area contributed by atoms with Gasteiger partial charge in [-0.3, -0.25) is 4.99 Å². The lowest BCUT2D eigenvalue weighted by atomic mass is 9.89. The molecule has 35 heavy (non-hydrogen) atoms. The van der Waals surface area contributed by atoms with Gasteiger partial charge in [0.25, 0.3) is 0 Å². The number of nitrogens with one attached hydrogen (secondary N) is 1. The fourth-order valence-electron chi connectivity index (χ4n) is 4.47. The second kappa shape index (κ2) is 10.8. The Morgan fingerprint density at radius 3 is 2.54 bits per heavy atom. The topological polar surface area (TPSA) is 63.8 Å². The van der Waals surface area contributed by atoms with Gasteiger partial charge in [0.2, 0.25) is 0 Å². The van der Waals surface area contributed by atoms with Crippen LogP contribution in [-0.2, 0) is 4.74 Å². The van der Waals surface area contributed by atoms with Crippen LogP contribution in [0.4, 0.5) is 5.69 Å². The van der Waals surface area contributed by atoms with Gasteiger partial charge in [-0.15, -0.1) is 0 Å². The number of nitrogens with zero attached hydrogens (tertiary/aromatic N) is 1. The molecule has 1 aliphatic carbocycles. The Morgan fingerprint density at radius 2 is 1.80 bits per heavy atom. The molecule has 0 bridgehead atoms. The Hall–Kier alpha value is -3.60. The van der Waals surface area contributed by atoms with E-state index in [-0.39, 0.29) is 5.97 Å². The molecule has 0 atom stereocenters. The van der Waals surface area contributed by atoms with Gasteiger partial charge in [0, 0.05) is 47.4 Å². The van der Waals surface area contributed by atoms with E-state index < -0.39 is 0 Å². The van der Waals surface area contributed by atoms with Crippen molar-refractivity contribution in [3.63, 3.8) is 0 Å². The Labute approximate surface area is 207 Å². The molecule has 0 saturated heterocycles. The van der Waals surface area contributed by atoms with E-state index in [2.05, 4.69) is 56.2 Å². The fourth-order valence-corrected chi connectivity index (χ4v) is 4.47. The summed E-state index contributed by atoms with van der Waals surface area (Å²) in [5.41, 5.74) is 7.31. The molecule has 1 heterocycles. The molecule has 0 radical (unpaired) electrons. The van der Waals surface area contributed by atoms with E-state index in [0.717, 1.165) is 75.0 Å². The molecule has 4 rings (SSSR count). The molecule has 0 aromatic heterocycles. The first-order valence-corrected chi connectivity index (χ1v) is 12.5. The number of aryl methyl sites for hydroxylation is 2. The second-order valence-corrected chi connectivity index (χ2v) is 8.81. The van der Waals surface area contributed by atoms with Crippen LogP contribution in [0.25, 0.3) is 33.4 Å². The normalized spacial score (nSPS) is 11.9. The van der Waals surface area contributed by atoms with Gasteiger partial charge in [-0.05, 0) is 69.0 Å². The SMILES string of the molecule is CCCCOC(=O)c1ccccc1-c1c2cc(C)c(=NCC)cc-2oc2cc(NCC)c(C)cc12. The summed E-state index contributed by atoms with van der Waals surface area (Å²) < 4.78 is 12.1. The van der Waals surface area contributed by atoms with Crippen LogP contribution < -0.4 is 10.7 Å². The summed E-state index contributed by atoms with van der Waals surface area (Å²) in [5.74, 6) is 0.442. The first-order chi connectivity index (χ1) is 17.0. The van der Waals surface area contributed by atoms with Gasteiger partial charge in [0.15, 0.2) is 0 Å². The molecule has 2 aliphatic rings. The molecule has 2 aromatic carbocycles. The average molecular weight is 471 g/mol. The number of ether oxygens (including phenoxy) is 1. The number of benzene rings is 3. The molecule has 1 N–H and O–H groups in total. The van der Waals surface area contributed by atoms with Crippen molar-refractivity contribution in [3.8, 4) is 22.5 Å². The van der Waals surface area contributed by atoms with Gasteiger partial charge < -0.3 is 14.5 Å². The van der Waals surface area contributed by atoms with Gasteiger partial charge in [-0.2, -0.15) is 0 Å². The number of anilines is 1. The Balaban J connectivity index is 2.06. The molecule has 0 fully saturated rings. The number of unbranched alkanes of at least 4 members (excludes halogenated alkanes) is 1. The van der Waals surface area contributed by atoms with E-state index >= 15 is 0 Å². The number of carbonyl (C=O) groups excluding carboxylic acids is 1. The molecule has 0 spiro atoms. The third-order valence-corrected chi connectivity index (χ3v) is 6.23. The van der Waals surface area contributed by atoms with Crippen molar-refractivity contribution in [2.24, 2.45) is 4.99 Å². The quantitative estimate of drug-likeness (QED) is 0.169. The summed E-state index contributed by atoms with van der Waals surface area (Å²) in [4.78, 5) is 17.8. The zero-order valence-corrected chi connectivity index (χ0v) is 21.3. The van der Waals surface area contributed by atoms with Crippen molar-refractivity contribution in [2.45, 2.75) is 47.5 Å². The van der Waals surface area contributed by atoms with Crippen LogP contribution in [0.15, 0.2) is 57.9 Å². The smallest absolute Gasteiger partial charge is 0.338 e. The number of fused-ring (bicyclic) bond motifs is 2. The van der Waals surface area contributed by atoms with E-state index in [4.69, 9.17) is 9.15 Å². The monoisotopic (exact) mass is 470 g/mol. The highest BCUT2D eigenvalue weighted by Gasteiger charge is 2.23. The van der Waals surface area contributed by atoms with E-state index in [9.17, 15) is 4.79 Å². The minimum Gasteiger partial charge on any atom is -0.462 e. The largest absolute Gasteiger partial charge is 0.462 e. The van der Waals surface area contributed by atoms with Gasteiger partial charge in [-0.25, -0.2) is 4.79 Å². The highest BCUT2D eigenvalue weighted by Crippen LogP contribution is 2.43. The number of hydrogen-bond donors (Lipinski definition) is 1. The second-order valence-electron chi connectivity index (χ2n) is 8.81. The average Bonchev–Trinajstić information content (AvgIpc) is 2.85. The minimum absolute atomic E-state index is 0.300. The summed E-state index contributed by atoms with van der Waals surface area (Å²) in [7, 11) is 0. The highest BCUT2D eigenvalue weighted by atomic mass is 16.5. The first kappa shape index (κ1) is 24.5. The van der Waals surface area contributed by atoms with E-state index in [0.29, 0.717) is 18.7 Å². The van der Waals surface area contributed by atoms with Crippen molar-refractivity contribution < 1.29 is 13.9 Å². The molecule has 1 aliphatic heterocycles. The van der Waals surface area contributed by atoms with Crippen LogP contribution in [0.5, 0.6) is 0 Å². The summed E-state index contributed by atoms with van der Waals surface area (Å²) >= 11 is 0. The maximum atomic E-state index is 13.1. The predicted molar refractivity (Wildman–Crippen MR) is 143 cm³/mol. The lowest BCUT2D eigenvalue weighted by Gasteiger charge is -2.19. The maximum Gasteiger partial charge on any atom is 0.338 e. The summed E-state index contributed by atoms with van der Waals surface area (Å²) in [5, 5.41) is 5.30. The molecular weight excluding hydrogens is 436 g/mol. The summed E-state index contributed by atoms with van der Waals surface area (Å²) in [6.07, 6.45) is 1.82. The van der Waals surface area contributed by atoms with Crippen LogP contribution in [-0.4, -0.2) is 25.7 Å². The van der Waals surface area contributed by atoms with Crippen molar-refractivity contribution in [3.05, 3.63) is 70.6 Å². The number of rotatable bonds is 8. The molecule has 5 nitrogen and oxygen atoms in total. The van der Waals surface area contributed by atoms with Gasteiger partial charge >= 0.3 is 5.97 Å². The summed E-state index contributed by atoms with van der Waals surface area (Å²) in [6, 6.07) is 16.0.